The van der Waals surface area contributed by atoms with Gasteiger partial charge >= 0.3 is 0 Å². The zero-order valence-electron chi connectivity index (χ0n) is 11.9. The van der Waals surface area contributed by atoms with E-state index < -0.39 is 0 Å². The van der Waals surface area contributed by atoms with Gasteiger partial charge in [0, 0.05) is 26.6 Å². The number of nitrogens with zero attached hydrogens (tertiary/aromatic N) is 4. The van der Waals surface area contributed by atoms with Gasteiger partial charge in [0.15, 0.2) is 0 Å². The van der Waals surface area contributed by atoms with Crippen LogP contribution in [0.1, 0.15) is 18.3 Å². The van der Waals surface area contributed by atoms with Gasteiger partial charge < -0.3 is 10.2 Å². The van der Waals surface area contributed by atoms with Crippen molar-refractivity contribution in [1.82, 2.24) is 25.4 Å². The number of piperazine rings is 1. The second kappa shape index (κ2) is 6.00. The SMILES string of the molecule is CC(=O)N1CCN(C)C(C(=O)NCc2nonc2C)C1. The highest BCUT2D eigenvalue weighted by molar-refractivity contribution is 5.83. The zero-order valence-corrected chi connectivity index (χ0v) is 11.9. The number of likely N-dealkylation sites (N-methyl/N-ethyl adjacent to an activating group) is 1. The number of aromatic nitrogens is 2. The maximum atomic E-state index is 12.2. The first-order chi connectivity index (χ1) is 9.49. The molecule has 1 N–H and O–H groups in total. The topological polar surface area (TPSA) is 91.6 Å². The summed E-state index contributed by atoms with van der Waals surface area (Å²) in [6, 6.07) is -0.340. The highest BCUT2D eigenvalue weighted by Crippen LogP contribution is 2.09. The van der Waals surface area contributed by atoms with Gasteiger partial charge in [-0.25, -0.2) is 4.63 Å². The fourth-order valence-corrected chi connectivity index (χ4v) is 2.14. The lowest BCUT2D eigenvalue weighted by atomic mass is 10.1. The molecule has 1 atom stereocenters. The predicted molar refractivity (Wildman–Crippen MR) is 69.6 cm³/mol. The van der Waals surface area contributed by atoms with Crippen LogP contribution < -0.4 is 5.32 Å². The van der Waals surface area contributed by atoms with E-state index in [1.54, 1.807) is 11.8 Å². The third-order valence-electron chi connectivity index (χ3n) is 3.57. The van der Waals surface area contributed by atoms with Gasteiger partial charge in [-0.2, -0.15) is 0 Å². The molecule has 1 aromatic heterocycles. The summed E-state index contributed by atoms with van der Waals surface area (Å²) in [5.41, 5.74) is 1.27. The minimum atomic E-state index is -0.340. The van der Waals surface area contributed by atoms with E-state index in [2.05, 4.69) is 20.3 Å². The Morgan fingerprint density at radius 2 is 2.15 bits per heavy atom. The first-order valence-electron chi connectivity index (χ1n) is 6.50. The Kier molecular flexibility index (Phi) is 4.33. The van der Waals surface area contributed by atoms with Crippen LogP contribution in [0.2, 0.25) is 0 Å². The molecule has 20 heavy (non-hydrogen) atoms. The maximum absolute atomic E-state index is 12.2. The van der Waals surface area contributed by atoms with Crippen LogP contribution in [0.5, 0.6) is 0 Å². The van der Waals surface area contributed by atoms with Crippen LogP contribution in [-0.2, 0) is 16.1 Å². The number of carbonyl (C=O) groups excluding carboxylic acids is 2. The minimum absolute atomic E-state index is 0.00699. The van der Waals surface area contributed by atoms with E-state index in [-0.39, 0.29) is 24.4 Å². The van der Waals surface area contributed by atoms with Gasteiger partial charge in [-0.15, -0.1) is 0 Å². The van der Waals surface area contributed by atoms with Crippen molar-refractivity contribution in [2.45, 2.75) is 26.4 Å². The smallest absolute Gasteiger partial charge is 0.239 e. The first kappa shape index (κ1) is 14.4. The van der Waals surface area contributed by atoms with Gasteiger partial charge in [0.1, 0.15) is 17.4 Å². The van der Waals surface area contributed by atoms with Crippen molar-refractivity contribution in [1.29, 1.82) is 0 Å². The molecule has 2 heterocycles. The van der Waals surface area contributed by atoms with Crippen LogP contribution >= 0.6 is 0 Å². The molecule has 0 saturated carbocycles. The van der Waals surface area contributed by atoms with Crippen molar-refractivity contribution < 1.29 is 14.2 Å². The van der Waals surface area contributed by atoms with E-state index in [0.29, 0.717) is 31.0 Å². The summed E-state index contributed by atoms with van der Waals surface area (Å²) in [6.07, 6.45) is 0. The highest BCUT2D eigenvalue weighted by atomic mass is 16.6. The fraction of sp³-hybridized carbons (Fsp3) is 0.667. The van der Waals surface area contributed by atoms with E-state index >= 15 is 0 Å². The van der Waals surface area contributed by atoms with E-state index in [4.69, 9.17) is 0 Å². The second-order valence-electron chi connectivity index (χ2n) is 4.98. The first-order valence-corrected chi connectivity index (χ1v) is 6.50. The monoisotopic (exact) mass is 281 g/mol. The standard InChI is InChI=1S/C12H19N5O3/c1-8-10(15-20-14-8)6-13-12(19)11-7-17(9(2)18)5-4-16(11)3/h11H,4-7H2,1-3H3,(H,13,19). The zero-order chi connectivity index (χ0) is 14.7. The molecule has 2 amide bonds. The fourth-order valence-electron chi connectivity index (χ4n) is 2.14. The van der Waals surface area contributed by atoms with Crippen LogP contribution in [0, 0.1) is 6.92 Å². The molecule has 1 aromatic rings. The normalized spacial score (nSPS) is 19.9. The van der Waals surface area contributed by atoms with Gasteiger partial charge in [0.2, 0.25) is 11.8 Å². The lowest BCUT2D eigenvalue weighted by Crippen LogP contribution is -2.58. The summed E-state index contributed by atoms with van der Waals surface area (Å²) in [6.45, 7) is 5.31. The minimum Gasteiger partial charge on any atom is -0.349 e. The molecule has 1 saturated heterocycles. The van der Waals surface area contributed by atoms with Gasteiger partial charge in [-0.1, -0.05) is 10.3 Å². The molecule has 0 radical (unpaired) electrons. The molecule has 1 aliphatic rings. The summed E-state index contributed by atoms with van der Waals surface area (Å²) in [7, 11) is 1.88. The largest absolute Gasteiger partial charge is 0.349 e. The number of hydrogen-bond acceptors (Lipinski definition) is 6. The average Bonchev–Trinajstić information content (AvgIpc) is 2.81. The molecule has 0 aromatic carbocycles. The summed E-state index contributed by atoms with van der Waals surface area (Å²) < 4.78 is 4.58. The quantitative estimate of drug-likeness (QED) is 0.776. The highest BCUT2D eigenvalue weighted by Gasteiger charge is 2.31. The van der Waals surface area contributed by atoms with Crippen molar-refractivity contribution in [2.24, 2.45) is 0 Å². The van der Waals surface area contributed by atoms with Gasteiger partial charge in [-0.05, 0) is 14.0 Å². The second-order valence-corrected chi connectivity index (χ2v) is 4.98. The number of hydrogen-bond donors (Lipinski definition) is 1. The Morgan fingerprint density at radius 3 is 2.75 bits per heavy atom. The van der Waals surface area contributed by atoms with Crippen LogP contribution in [0.25, 0.3) is 0 Å². The number of rotatable bonds is 3. The molecule has 110 valence electrons. The molecule has 1 unspecified atom stereocenters. The molecule has 0 spiro atoms. The van der Waals surface area contributed by atoms with Crippen molar-refractivity contribution in [3.63, 3.8) is 0 Å². The summed E-state index contributed by atoms with van der Waals surface area (Å²) in [5.74, 6) is -0.131. The van der Waals surface area contributed by atoms with Gasteiger partial charge in [-0.3, -0.25) is 14.5 Å². The summed E-state index contributed by atoms with van der Waals surface area (Å²) in [4.78, 5) is 27.3. The molecule has 1 fully saturated rings. The van der Waals surface area contributed by atoms with E-state index in [1.165, 1.54) is 6.92 Å². The van der Waals surface area contributed by atoms with Gasteiger partial charge in [0.05, 0.1) is 6.54 Å². The third kappa shape index (κ3) is 3.13. The Morgan fingerprint density at radius 1 is 1.40 bits per heavy atom. The number of carbonyl (C=O) groups is 2. The molecule has 1 aliphatic heterocycles. The Balaban J connectivity index is 1.93. The van der Waals surface area contributed by atoms with E-state index in [1.807, 2.05) is 11.9 Å². The number of nitrogens with one attached hydrogen (secondary N) is 1. The molecule has 2 rings (SSSR count). The molecular formula is C12H19N5O3. The Labute approximate surface area is 117 Å². The van der Waals surface area contributed by atoms with Crippen molar-refractivity contribution >= 4 is 11.8 Å². The van der Waals surface area contributed by atoms with Crippen LogP contribution in [0.3, 0.4) is 0 Å². The molecular weight excluding hydrogens is 262 g/mol. The van der Waals surface area contributed by atoms with Crippen molar-refractivity contribution in [2.75, 3.05) is 26.7 Å². The lowest BCUT2D eigenvalue weighted by Gasteiger charge is -2.38. The van der Waals surface area contributed by atoms with E-state index in [0.717, 1.165) is 0 Å². The average molecular weight is 281 g/mol. The maximum Gasteiger partial charge on any atom is 0.239 e. The lowest BCUT2D eigenvalue weighted by molar-refractivity contribution is -0.135. The number of aryl methyl sites for hydroxylation is 1. The molecule has 0 aliphatic carbocycles. The molecule has 0 bridgehead atoms. The third-order valence-corrected chi connectivity index (χ3v) is 3.57. The summed E-state index contributed by atoms with van der Waals surface area (Å²) >= 11 is 0. The van der Waals surface area contributed by atoms with E-state index in [9.17, 15) is 9.59 Å². The molecule has 8 nitrogen and oxygen atoms in total. The van der Waals surface area contributed by atoms with Crippen LogP contribution in [0.4, 0.5) is 0 Å². The molecule has 8 heteroatoms. The predicted octanol–water partition coefficient (Wildman–Crippen LogP) is -0.843. The van der Waals surface area contributed by atoms with Gasteiger partial charge in [0.25, 0.3) is 0 Å². The Hall–Kier alpha value is -1.96. The summed E-state index contributed by atoms with van der Waals surface area (Å²) in [5, 5.41) is 10.2. The van der Waals surface area contributed by atoms with Crippen LogP contribution in [-0.4, -0.2) is 64.7 Å². The van der Waals surface area contributed by atoms with Crippen LogP contribution in [0.15, 0.2) is 4.63 Å². The van der Waals surface area contributed by atoms with Crippen molar-refractivity contribution in [3.05, 3.63) is 11.4 Å². The van der Waals surface area contributed by atoms with Crippen molar-refractivity contribution in [3.8, 4) is 0 Å². The Bertz CT molecular complexity index is 501. The number of amides is 2.